The summed E-state index contributed by atoms with van der Waals surface area (Å²) in [5, 5.41) is 0. The van der Waals surface area contributed by atoms with Gasteiger partial charge in [0.15, 0.2) is 11.6 Å². The van der Waals surface area contributed by atoms with Crippen molar-refractivity contribution in [1.29, 1.82) is 0 Å². The zero-order valence-corrected chi connectivity index (χ0v) is 13.2. The van der Waals surface area contributed by atoms with Crippen LogP contribution in [0.25, 0.3) is 0 Å². The van der Waals surface area contributed by atoms with Gasteiger partial charge in [-0.2, -0.15) is 8.78 Å². The Labute approximate surface area is 135 Å². The molecule has 2 aromatic rings. The molecule has 0 spiro atoms. The molecule has 1 atom stereocenters. The summed E-state index contributed by atoms with van der Waals surface area (Å²) in [5.41, 5.74) is 1.00. The molecule has 0 aromatic heterocycles. The van der Waals surface area contributed by atoms with E-state index in [1.54, 1.807) is 12.1 Å². The van der Waals surface area contributed by atoms with Crippen LogP contribution in [0.2, 0.25) is 0 Å². The molecule has 0 heterocycles. The van der Waals surface area contributed by atoms with Crippen molar-refractivity contribution >= 4 is 12.0 Å². The molecule has 2 aromatic carbocycles. The lowest BCUT2D eigenvalue weighted by molar-refractivity contribution is 0.352. The summed E-state index contributed by atoms with van der Waals surface area (Å²) in [6, 6.07) is 6.35. The van der Waals surface area contributed by atoms with Crippen molar-refractivity contribution < 1.29 is 26.9 Å². The molecule has 23 heavy (non-hydrogen) atoms. The maximum atomic E-state index is 13.8. The minimum absolute atomic E-state index is 0.0399. The predicted molar refractivity (Wildman–Crippen MR) is 80.0 cm³/mol. The van der Waals surface area contributed by atoms with Crippen molar-refractivity contribution in [3.63, 3.8) is 0 Å². The van der Waals surface area contributed by atoms with Crippen molar-refractivity contribution in [3.8, 4) is 11.5 Å². The second-order valence-corrected chi connectivity index (χ2v) is 5.58. The molecule has 0 bridgehead atoms. The van der Waals surface area contributed by atoms with E-state index in [0.717, 1.165) is 12.0 Å². The summed E-state index contributed by atoms with van der Waals surface area (Å²) in [6.07, 6.45) is 0.917. The summed E-state index contributed by atoms with van der Waals surface area (Å²) in [4.78, 5) is -1.15. The number of hydrogen-bond donors (Lipinski definition) is 1. The summed E-state index contributed by atoms with van der Waals surface area (Å²) in [5.74, 6) is -7.66. The van der Waals surface area contributed by atoms with Crippen LogP contribution in [0.1, 0.15) is 31.7 Å². The minimum Gasteiger partial charge on any atom is -0.451 e. The van der Waals surface area contributed by atoms with Crippen molar-refractivity contribution in [2.75, 3.05) is 0 Å². The second kappa shape index (κ2) is 7.23. The van der Waals surface area contributed by atoms with E-state index < -0.39 is 46.0 Å². The third-order valence-electron chi connectivity index (χ3n) is 3.56. The van der Waals surface area contributed by atoms with Gasteiger partial charge in [0.1, 0.15) is 10.6 Å². The van der Waals surface area contributed by atoms with Crippen LogP contribution < -0.4 is 4.74 Å². The molecule has 0 aliphatic rings. The van der Waals surface area contributed by atoms with E-state index in [9.17, 15) is 17.6 Å². The Morgan fingerprint density at radius 1 is 1.00 bits per heavy atom. The number of ether oxygens (including phenoxy) is 1. The van der Waals surface area contributed by atoms with Crippen LogP contribution in [0.15, 0.2) is 29.2 Å². The van der Waals surface area contributed by atoms with Crippen LogP contribution in [0.4, 0.5) is 17.6 Å². The topological polar surface area (TPSA) is 29.5 Å². The van der Waals surface area contributed by atoms with Gasteiger partial charge in [-0.25, -0.2) is 8.78 Å². The van der Waals surface area contributed by atoms with Gasteiger partial charge < -0.3 is 9.29 Å². The quantitative estimate of drug-likeness (QED) is 0.402. The van der Waals surface area contributed by atoms with E-state index >= 15 is 0 Å². The molecule has 0 saturated heterocycles. The first-order valence-corrected chi connectivity index (χ1v) is 7.63. The number of halogens is 4. The standard InChI is InChI=1S/C16H14F4O2S/c1-3-8(2)9-4-6-10(7-5-9)22-15-11(17)13(19)16(23-21)14(20)12(15)18/h4-8,21H,3H2,1-2H3. The van der Waals surface area contributed by atoms with Crippen molar-refractivity contribution in [1.82, 2.24) is 0 Å². The Balaban J connectivity index is 2.37. The fraction of sp³-hybridized carbons (Fsp3) is 0.250. The van der Waals surface area contributed by atoms with Crippen LogP contribution in [-0.2, 0) is 0 Å². The fourth-order valence-corrected chi connectivity index (χ4v) is 2.32. The first kappa shape index (κ1) is 17.6. The molecule has 0 saturated carbocycles. The molecule has 0 amide bonds. The fourth-order valence-electron chi connectivity index (χ4n) is 1.98. The van der Waals surface area contributed by atoms with Gasteiger partial charge in [0.25, 0.3) is 0 Å². The average molecular weight is 346 g/mol. The summed E-state index contributed by atoms with van der Waals surface area (Å²) in [7, 11) is 0. The number of benzene rings is 2. The van der Waals surface area contributed by atoms with Gasteiger partial charge in [0.05, 0.1) is 0 Å². The maximum absolute atomic E-state index is 13.8. The molecule has 0 fully saturated rings. The Hall–Kier alpha value is -1.73. The minimum atomic E-state index is -1.71. The highest BCUT2D eigenvalue weighted by Crippen LogP contribution is 2.36. The van der Waals surface area contributed by atoms with Gasteiger partial charge in [-0.15, -0.1) is 0 Å². The first-order valence-electron chi connectivity index (χ1n) is 6.85. The summed E-state index contributed by atoms with van der Waals surface area (Å²) >= 11 is -0.413. The van der Waals surface area contributed by atoms with Gasteiger partial charge in [-0.05, 0) is 30.0 Å². The largest absolute Gasteiger partial charge is 0.451 e. The molecule has 2 rings (SSSR count). The van der Waals surface area contributed by atoms with Gasteiger partial charge in [-0.3, -0.25) is 0 Å². The highest BCUT2D eigenvalue weighted by molar-refractivity contribution is 7.93. The van der Waals surface area contributed by atoms with E-state index in [-0.39, 0.29) is 5.75 Å². The predicted octanol–water partition coefficient (Wildman–Crippen LogP) is 6.11. The van der Waals surface area contributed by atoms with E-state index in [1.807, 2.05) is 13.8 Å². The molecule has 7 heteroatoms. The normalized spacial score (nSPS) is 12.3. The molecule has 1 unspecified atom stereocenters. The average Bonchev–Trinajstić information content (AvgIpc) is 2.57. The lowest BCUT2D eigenvalue weighted by atomic mass is 9.99. The summed E-state index contributed by atoms with van der Waals surface area (Å²) in [6.45, 7) is 4.04. The van der Waals surface area contributed by atoms with E-state index in [0.29, 0.717) is 5.92 Å². The third kappa shape index (κ3) is 3.45. The second-order valence-electron chi connectivity index (χ2n) is 4.99. The van der Waals surface area contributed by atoms with Gasteiger partial charge in [-0.1, -0.05) is 26.0 Å². The molecular weight excluding hydrogens is 332 g/mol. The lowest BCUT2D eigenvalue weighted by Crippen LogP contribution is -2.02. The number of hydrogen-bond acceptors (Lipinski definition) is 3. The van der Waals surface area contributed by atoms with Crippen LogP contribution >= 0.6 is 12.0 Å². The molecule has 0 aliphatic carbocycles. The Morgan fingerprint density at radius 3 is 1.96 bits per heavy atom. The van der Waals surface area contributed by atoms with Gasteiger partial charge in [0.2, 0.25) is 17.4 Å². The van der Waals surface area contributed by atoms with E-state index in [4.69, 9.17) is 9.29 Å². The van der Waals surface area contributed by atoms with Gasteiger partial charge in [0, 0.05) is 12.0 Å². The molecule has 124 valence electrons. The monoisotopic (exact) mass is 346 g/mol. The molecular formula is C16H14F4O2S. The van der Waals surface area contributed by atoms with Crippen LogP contribution in [-0.4, -0.2) is 4.55 Å². The Bertz CT molecular complexity index is 675. The van der Waals surface area contributed by atoms with E-state index in [2.05, 4.69) is 0 Å². The van der Waals surface area contributed by atoms with E-state index in [1.165, 1.54) is 12.1 Å². The SMILES string of the molecule is CCC(C)c1ccc(Oc2c(F)c(F)c(SO)c(F)c2F)cc1. The van der Waals surface area contributed by atoms with Crippen molar-refractivity contribution in [2.24, 2.45) is 0 Å². The highest BCUT2D eigenvalue weighted by atomic mass is 32.2. The van der Waals surface area contributed by atoms with Crippen molar-refractivity contribution in [3.05, 3.63) is 53.1 Å². The van der Waals surface area contributed by atoms with Crippen LogP contribution in [0.5, 0.6) is 11.5 Å². The Kier molecular flexibility index (Phi) is 5.54. The number of rotatable bonds is 5. The molecule has 2 nitrogen and oxygen atoms in total. The first-order chi connectivity index (χ1) is 10.9. The molecule has 0 radical (unpaired) electrons. The Morgan fingerprint density at radius 2 is 1.52 bits per heavy atom. The third-order valence-corrected chi connectivity index (χ3v) is 4.10. The van der Waals surface area contributed by atoms with Crippen LogP contribution in [0.3, 0.4) is 0 Å². The van der Waals surface area contributed by atoms with Gasteiger partial charge >= 0.3 is 0 Å². The van der Waals surface area contributed by atoms with Crippen LogP contribution in [0, 0.1) is 23.3 Å². The molecule has 1 N–H and O–H groups in total. The zero-order valence-electron chi connectivity index (χ0n) is 12.4. The zero-order chi connectivity index (χ0) is 17.1. The van der Waals surface area contributed by atoms with Crippen molar-refractivity contribution in [2.45, 2.75) is 31.1 Å². The summed E-state index contributed by atoms with van der Waals surface area (Å²) < 4.78 is 68.4. The maximum Gasteiger partial charge on any atom is 0.205 e. The molecule has 0 aliphatic heterocycles. The smallest absolute Gasteiger partial charge is 0.205 e. The highest BCUT2D eigenvalue weighted by Gasteiger charge is 2.27. The lowest BCUT2D eigenvalue weighted by Gasteiger charge is -2.13.